The number of carbonyl (C=O) groups excluding carboxylic acids is 2. The largest absolute Gasteiger partial charge is 0.573 e. The summed E-state index contributed by atoms with van der Waals surface area (Å²) in [7, 11) is 0. The first kappa shape index (κ1) is 28.4. The van der Waals surface area contributed by atoms with Gasteiger partial charge in [-0.2, -0.15) is 5.10 Å². The molecule has 3 aromatic carbocycles. The van der Waals surface area contributed by atoms with Crippen LogP contribution in [0.15, 0.2) is 82.4 Å². The number of hydrazone groups is 1. The third-order valence-corrected chi connectivity index (χ3v) is 6.62. The SMILES string of the molecule is CCOC(=O)C1(c2ccc(OC(F)(F)F)cc2)CN(CC(=O)Nc2ccc(Br)cc2)N=C1c1ccc(Cl)cc1. The zero-order valence-corrected chi connectivity index (χ0v) is 22.8. The summed E-state index contributed by atoms with van der Waals surface area (Å²) < 4.78 is 48.5. The van der Waals surface area contributed by atoms with E-state index in [-0.39, 0.29) is 31.3 Å². The number of amides is 1. The van der Waals surface area contributed by atoms with Crippen LogP contribution in [0.5, 0.6) is 5.75 Å². The number of hydrogen-bond donors (Lipinski definition) is 1. The first-order valence-corrected chi connectivity index (χ1v) is 12.9. The van der Waals surface area contributed by atoms with Crippen LogP contribution in [0, 0.1) is 0 Å². The third kappa shape index (κ3) is 6.72. The maximum absolute atomic E-state index is 13.6. The maximum atomic E-state index is 13.6. The molecule has 1 heterocycles. The van der Waals surface area contributed by atoms with Gasteiger partial charge in [-0.1, -0.05) is 51.8 Å². The minimum absolute atomic E-state index is 0.0494. The van der Waals surface area contributed by atoms with Crippen molar-refractivity contribution in [1.29, 1.82) is 0 Å². The number of nitrogens with zero attached hydrogens (tertiary/aromatic N) is 2. The highest BCUT2D eigenvalue weighted by Gasteiger charge is 2.52. The van der Waals surface area contributed by atoms with E-state index in [0.29, 0.717) is 21.8 Å². The highest BCUT2D eigenvalue weighted by Crippen LogP contribution is 2.38. The number of ether oxygens (including phenoxy) is 2. The van der Waals surface area contributed by atoms with Crippen molar-refractivity contribution >= 4 is 50.8 Å². The van der Waals surface area contributed by atoms with Gasteiger partial charge in [0.1, 0.15) is 12.3 Å². The number of anilines is 1. The summed E-state index contributed by atoms with van der Waals surface area (Å²) in [5.41, 5.74) is 0.122. The molecule has 12 heteroatoms. The molecule has 1 aliphatic heterocycles. The molecule has 1 unspecified atom stereocenters. The normalized spacial score (nSPS) is 17.0. The standard InChI is InChI=1S/C27H22BrClF3N3O4/c1-2-38-25(37)26(18-5-13-22(14-6-18)39-27(30,31)32)16-35(34-24(26)17-3-9-20(29)10-4-17)15-23(36)33-21-11-7-19(28)8-12-21/h3-14H,2,15-16H2,1H3,(H,33,36). The molecule has 0 aromatic heterocycles. The molecule has 39 heavy (non-hydrogen) atoms. The Balaban J connectivity index is 1.72. The Bertz CT molecular complexity index is 1370. The van der Waals surface area contributed by atoms with Crippen LogP contribution in [-0.2, 0) is 19.7 Å². The number of alkyl halides is 3. The van der Waals surface area contributed by atoms with Crippen LogP contribution in [0.4, 0.5) is 18.9 Å². The van der Waals surface area contributed by atoms with Crippen molar-refractivity contribution in [2.24, 2.45) is 5.10 Å². The highest BCUT2D eigenvalue weighted by molar-refractivity contribution is 9.10. The zero-order valence-electron chi connectivity index (χ0n) is 20.5. The first-order chi connectivity index (χ1) is 18.5. The van der Waals surface area contributed by atoms with E-state index < -0.39 is 23.5 Å². The Morgan fingerprint density at radius 2 is 1.69 bits per heavy atom. The summed E-state index contributed by atoms with van der Waals surface area (Å²) in [6, 6.07) is 18.5. The maximum Gasteiger partial charge on any atom is 0.573 e. The lowest BCUT2D eigenvalue weighted by Crippen LogP contribution is -2.48. The van der Waals surface area contributed by atoms with E-state index in [1.54, 1.807) is 55.5 Å². The topological polar surface area (TPSA) is 80.2 Å². The number of halogens is 5. The van der Waals surface area contributed by atoms with Crippen molar-refractivity contribution in [3.63, 3.8) is 0 Å². The Morgan fingerprint density at radius 3 is 2.28 bits per heavy atom. The molecule has 7 nitrogen and oxygen atoms in total. The van der Waals surface area contributed by atoms with Crippen LogP contribution in [-0.4, -0.2) is 48.7 Å². The summed E-state index contributed by atoms with van der Waals surface area (Å²) in [4.78, 5) is 26.5. The first-order valence-electron chi connectivity index (χ1n) is 11.7. The number of hydrogen-bond acceptors (Lipinski definition) is 6. The van der Waals surface area contributed by atoms with E-state index in [1.165, 1.54) is 17.1 Å². The molecule has 4 rings (SSSR count). The van der Waals surface area contributed by atoms with Crippen molar-refractivity contribution in [1.82, 2.24) is 5.01 Å². The molecule has 3 aromatic rings. The highest BCUT2D eigenvalue weighted by atomic mass is 79.9. The molecular weight excluding hydrogens is 603 g/mol. The minimum atomic E-state index is -4.87. The van der Waals surface area contributed by atoms with Crippen molar-refractivity contribution < 1.29 is 32.2 Å². The third-order valence-electron chi connectivity index (χ3n) is 5.84. The molecule has 0 spiro atoms. The van der Waals surface area contributed by atoms with Gasteiger partial charge in [0.05, 0.1) is 18.9 Å². The molecule has 0 bridgehead atoms. The fraction of sp³-hybridized carbons (Fsp3) is 0.222. The average Bonchev–Trinajstić information content (AvgIpc) is 3.25. The number of benzene rings is 3. The molecule has 1 amide bonds. The minimum Gasteiger partial charge on any atom is -0.465 e. The number of nitrogens with one attached hydrogen (secondary N) is 1. The lowest BCUT2D eigenvalue weighted by atomic mass is 9.74. The molecule has 204 valence electrons. The molecular formula is C27H22BrClF3N3O4. The monoisotopic (exact) mass is 623 g/mol. The van der Waals surface area contributed by atoms with E-state index >= 15 is 0 Å². The second-order valence-corrected chi connectivity index (χ2v) is 9.88. The number of rotatable bonds is 8. The van der Waals surface area contributed by atoms with Gasteiger partial charge in [-0.3, -0.25) is 14.6 Å². The quantitative estimate of drug-likeness (QED) is 0.304. The van der Waals surface area contributed by atoms with Gasteiger partial charge in [0.2, 0.25) is 5.91 Å². The van der Waals surface area contributed by atoms with Gasteiger partial charge in [0.25, 0.3) is 0 Å². The fourth-order valence-electron chi connectivity index (χ4n) is 4.22. The van der Waals surface area contributed by atoms with Gasteiger partial charge < -0.3 is 14.8 Å². The van der Waals surface area contributed by atoms with Gasteiger partial charge in [-0.05, 0) is 66.6 Å². The lowest BCUT2D eigenvalue weighted by molar-refractivity contribution is -0.274. The van der Waals surface area contributed by atoms with E-state index in [9.17, 15) is 22.8 Å². The van der Waals surface area contributed by atoms with E-state index in [2.05, 4.69) is 31.1 Å². The van der Waals surface area contributed by atoms with E-state index in [1.807, 2.05) is 0 Å². The zero-order chi connectivity index (χ0) is 28.2. The van der Waals surface area contributed by atoms with Crippen LogP contribution in [0.25, 0.3) is 0 Å². The Kier molecular flexibility index (Phi) is 8.51. The Morgan fingerprint density at radius 1 is 1.05 bits per heavy atom. The number of carbonyl (C=O) groups is 2. The molecule has 1 N–H and O–H groups in total. The summed E-state index contributed by atoms with van der Waals surface area (Å²) in [6.07, 6.45) is -4.87. The van der Waals surface area contributed by atoms with Crippen molar-refractivity contribution in [3.05, 3.63) is 93.4 Å². The predicted molar refractivity (Wildman–Crippen MR) is 144 cm³/mol. The van der Waals surface area contributed by atoms with Gasteiger partial charge in [0, 0.05) is 15.2 Å². The number of esters is 1. The Labute approximate surface area is 235 Å². The predicted octanol–water partition coefficient (Wildman–Crippen LogP) is 6.16. The van der Waals surface area contributed by atoms with Crippen LogP contribution in [0.2, 0.25) is 5.02 Å². The molecule has 0 fully saturated rings. The second kappa shape index (κ2) is 11.7. The van der Waals surface area contributed by atoms with Crippen molar-refractivity contribution in [3.8, 4) is 5.75 Å². The van der Waals surface area contributed by atoms with Gasteiger partial charge >= 0.3 is 12.3 Å². The fourth-order valence-corrected chi connectivity index (χ4v) is 4.61. The lowest BCUT2D eigenvalue weighted by Gasteiger charge is -2.29. The summed E-state index contributed by atoms with van der Waals surface area (Å²) in [5.74, 6) is -1.50. The Hall–Kier alpha value is -3.57. The van der Waals surface area contributed by atoms with E-state index in [4.69, 9.17) is 16.3 Å². The summed E-state index contributed by atoms with van der Waals surface area (Å²) in [5, 5.41) is 9.29. The van der Waals surface area contributed by atoms with Gasteiger partial charge in [0.15, 0.2) is 5.41 Å². The van der Waals surface area contributed by atoms with E-state index in [0.717, 1.165) is 16.6 Å². The van der Waals surface area contributed by atoms with Crippen molar-refractivity contribution in [2.75, 3.05) is 25.0 Å². The van der Waals surface area contributed by atoms with Crippen molar-refractivity contribution in [2.45, 2.75) is 18.7 Å². The molecule has 1 aliphatic rings. The molecule has 0 radical (unpaired) electrons. The molecule has 0 saturated heterocycles. The van der Waals surface area contributed by atoms with Crippen LogP contribution < -0.4 is 10.1 Å². The van der Waals surface area contributed by atoms with Crippen LogP contribution >= 0.6 is 27.5 Å². The summed E-state index contributed by atoms with van der Waals surface area (Å²) >= 11 is 9.41. The van der Waals surface area contributed by atoms with Gasteiger partial charge in [-0.25, -0.2) is 0 Å². The molecule has 0 aliphatic carbocycles. The van der Waals surface area contributed by atoms with Crippen LogP contribution in [0.3, 0.4) is 0 Å². The van der Waals surface area contributed by atoms with Crippen LogP contribution in [0.1, 0.15) is 18.1 Å². The second-order valence-electron chi connectivity index (χ2n) is 8.53. The van der Waals surface area contributed by atoms with Gasteiger partial charge in [-0.15, -0.1) is 13.2 Å². The molecule has 1 atom stereocenters. The average molecular weight is 625 g/mol. The smallest absolute Gasteiger partial charge is 0.465 e. The summed E-state index contributed by atoms with van der Waals surface area (Å²) in [6.45, 7) is 1.39. The molecule has 0 saturated carbocycles.